The minimum absolute atomic E-state index is 0.201. The minimum Gasteiger partial charge on any atom is -0.324 e. The van der Waals surface area contributed by atoms with Gasteiger partial charge in [0.05, 0.1) is 0 Å². The first-order valence-corrected chi connectivity index (χ1v) is 5.95. The van der Waals surface area contributed by atoms with Gasteiger partial charge in [-0.2, -0.15) is 0 Å². The molecule has 0 amide bonds. The van der Waals surface area contributed by atoms with Gasteiger partial charge in [0, 0.05) is 6.04 Å². The summed E-state index contributed by atoms with van der Waals surface area (Å²) in [6.45, 7) is 6.63. The smallest absolute Gasteiger partial charge is 0.0297 e. The maximum atomic E-state index is 6.18. The highest BCUT2D eigenvalue weighted by Gasteiger charge is 2.10. The Bertz CT molecular complexity index is 276. The Morgan fingerprint density at radius 3 is 2.33 bits per heavy atom. The van der Waals surface area contributed by atoms with Crippen molar-refractivity contribution in [1.82, 2.24) is 0 Å². The molecule has 15 heavy (non-hydrogen) atoms. The fourth-order valence-electron chi connectivity index (χ4n) is 1.99. The second kappa shape index (κ2) is 5.92. The first-order chi connectivity index (χ1) is 7.13. The molecule has 0 aliphatic rings. The van der Waals surface area contributed by atoms with E-state index in [1.54, 1.807) is 0 Å². The molecule has 2 atom stereocenters. The van der Waals surface area contributed by atoms with Crippen LogP contribution in [0.15, 0.2) is 24.3 Å². The molecule has 1 heteroatoms. The first kappa shape index (κ1) is 12.3. The number of hydrogen-bond acceptors (Lipinski definition) is 1. The van der Waals surface area contributed by atoms with Crippen LogP contribution in [0.4, 0.5) is 0 Å². The molecule has 0 aliphatic carbocycles. The number of rotatable bonds is 5. The van der Waals surface area contributed by atoms with Crippen molar-refractivity contribution in [2.75, 3.05) is 0 Å². The predicted octanol–water partition coefficient (Wildman–Crippen LogP) is 3.82. The normalized spacial score (nSPS) is 14.9. The SMILES string of the molecule is CCCC(C)CC(N)c1ccc(C)cc1. The second-order valence-electron chi connectivity index (χ2n) is 4.65. The summed E-state index contributed by atoms with van der Waals surface area (Å²) >= 11 is 0. The summed E-state index contributed by atoms with van der Waals surface area (Å²) in [4.78, 5) is 0. The van der Waals surface area contributed by atoms with Crippen LogP contribution in [-0.4, -0.2) is 0 Å². The predicted molar refractivity (Wildman–Crippen MR) is 66.8 cm³/mol. The van der Waals surface area contributed by atoms with Crippen LogP contribution in [0.25, 0.3) is 0 Å². The van der Waals surface area contributed by atoms with E-state index in [1.807, 2.05) is 0 Å². The number of hydrogen-bond donors (Lipinski definition) is 1. The summed E-state index contributed by atoms with van der Waals surface area (Å²) in [7, 11) is 0. The van der Waals surface area contributed by atoms with E-state index in [1.165, 1.54) is 24.0 Å². The van der Waals surface area contributed by atoms with Crippen LogP contribution in [-0.2, 0) is 0 Å². The zero-order valence-corrected chi connectivity index (χ0v) is 10.2. The lowest BCUT2D eigenvalue weighted by Gasteiger charge is -2.17. The van der Waals surface area contributed by atoms with Crippen molar-refractivity contribution in [1.29, 1.82) is 0 Å². The molecule has 0 aliphatic heterocycles. The van der Waals surface area contributed by atoms with E-state index in [2.05, 4.69) is 45.0 Å². The first-order valence-electron chi connectivity index (χ1n) is 5.95. The Labute approximate surface area is 93.7 Å². The van der Waals surface area contributed by atoms with Gasteiger partial charge < -0.3 is 5.73 Å². The number of aryl methyl sites for hydroxylation is 1. The lowest BCUT2D eigenvalue weighted by atomic mass is 9.93. The Hall–Kier alpha value is -0.820. The van der Waals surface area contributed by atoms with Crippen LogP contribution in [0.5, 0.6) is 0 Å². The maximum Gasteiger partial charge on any atom is 0.0297 e. The molecule has 1 aromatic rings. The van der Waals surface area contributed by atoms with Crippen molar-refractivity contribution >= 4 is 0 Å². The Balaban J connectivity index is 2.53. The summed E-state index contributed by atoms with van der Waals surface area (Å²) in [5.41, 5.74) is 8.74. The molecule has 0 bridgehead atoms. The summed E-state index contributed by atoms with van der Waals surface area (Å²) < 4.78 is 0. The van der Waals surface area contributed by atoms with Crippen molar-refractivity contribution in [3.05, 3.63) is 35.4 Å². The van der Waals surface area contributed by atoms with Gasteiger partial charge in [0.1, 0.15) is 0 Å². The van der Waals surface area contributed by atoms with Crippen molar-refractivity contribution in [3.63, 3.8) is 0 Å². The highest BCUT2D eigenvalue weighted by molar-refractivity contribution is 5.23. The van der Waals surface area contributed by atoms with Gasteiger partial charge in [0.25, 0.3) is 0 Å². The van der Waals surface area contributed by atoms with Crippen molar-refractivity contribution in [2.24, 2.45) is 11.7 Å². The van der Waals surface area contributed by atoms with Gasteiger partial charge in [-0.3, -0.25) is 0 Å². The molecule has 1 aromatic carbocycles. The van der Waals surface area contributed by atoms with Gasteiger partial charge in [0.15, 0.2) is 0 Å². The van der Waals surface area contributed by atoms with E-state index < -0.39 is 0 Å². The summed E-state index contributed by atoms with van der Waals surface area (Å²) in [5, 5.41) is 0. The highest BCUT2D eigenvalue weighted by Crippen LogP contribution is 2.21. The Morgan fingerprint density at radius 2 is 1.80 bits per heavy atom. The monoisotopic (exact) mass is 205 g/mol. The molecule has 1 rings (SSSR count). The van der Waals surface area contributed by atoms with Gasteiger partial charge in [-0.1, -0.05) is 56.5 Å². The van der Waals surface area contributed by atoms with Crippen LogP contribution in [0.3, 0.4) is 0 Å². The largest absolute Gasteiger partial charge is 0.324 e. The average Bonchev–Trinajstić information content (AvgIpc) is 2.18. The second-order valence-corrected chi connectivity index (χ2v) is 4.65. The van der Waals surface area contributed by atoms with E-state index >= 15 is 0 Å². The summed E-state index contributed by atoms with van der Waals surface area (Å²) in [6.07, 6.45) is 3.62. The average molecular weight is 205 g/mol. The van der Waals surface area contributed by atoms with Crippen molar-refractivity contribution in [2.45, 2.75) is 46.1 Å². The van der Waals surface area contributed by atoms with Crippen molar-refractivity contribution < 1.29 is 0 Å². The lowest BCUT2D eigenvalue weighted by Crippen LogP contribution is -2.14. The van der Waals surface area contributed by atoms with E-state index in [0.717, 1.165) is 12.3 Å². The zero-order chi connectivity index (χ0) is 11.3. The summed E-state index contributed by atoms with van der Waals surface area (Å²) in [6, 6.07) is 8.78. The van der Waals surface area contributed by atoms with Crippen LogP contribution in [0.2, 0.25) is 0 Å². The van der Waals surface area contributed by atoms with Gasteiger partial charge in [-0.25, -0.2) is 0 Å². The molecule has 0 heterocycles. The molecule has 2 N–H and O–H groups in total. The molecule has 0 radical (unpaired) electrons. The van der Waals surface area contributed by atoms with Crippen LogP contribution in [0, 0.1) is 12.8 Å². The van der Waals surface area contributed by atoms with Crippen LogP contribution in [0.1, 0.15) is 50.3 Å². The fraction of sp³-hybridized carbons (Fsp3) is 0.571. The standard InChI is InChI=1S/C14H23N/c1-4-5-12(3)10-14(15)13-8-6-11(2)7-9-13/h6-9,12,14H,4-5,10,15H2,1-3H3. The third-order valence-corrected chi connectivity index (χ3v) is 2.94. The number of nitrogens with two attached hydrogens (primary N) is 1. The van der Waals surface area contributed by atoms with E-state index in [9.17, 15) is 0 Å². The Kier molecular flexibility index (Phi) is 4.83. The topological polar surface area (TPSA) is 26.0 Å². The van der Waals surface area contributed by atoms with E-state index in [4.69, 9.17) is 5.73 Å². The molecular weight excluding hydrogens is 182 g/mol. The quantitative estimate of drug-likeness (QED) is 0.777. The molecule has 2 unspecified atom stereocenters. The maximum absolute atomic E-state index is 6.18. The fourth-order valence-corrected chi connectivity index (χ4v) is 1.99. The summed E-state index contributed by atoms with van der Waals surface area (Å²) in [5.74, 6) is 0.728. The molecule has 0 fully saturated rings. The molecule has 1 nitrogen and oxygen atoms in total. The highest BCUT2D eigenvalue weighted by atomic mass is 14.6. The van der Waals surface area contributed by atoms with Gasteiger partial charge >= 0.3 is 0 Å². The van der Waals surface area contributed by atoms with Gasteiger partial charge in [-0.15, -0.1) is 0 Å². The molecule has 0 aromatic heterocycles. The van der Waals surface area contributed by atoms with E-state index in [-0.39, 0.29) is 6.04 Å². The third kappa shape index (κ3) is 4.05. The molecule has 0 saturated carbocycles. The van der Waals surface area contributed by atoms with Crippen LogP contribution < -0.4 is 5.73 Å². The molecular formula is C14H23N. The van der Waals surface area contributed by atoms with Gasteiger partial charge in [0.2, 0.25) is 0 Å². The third-order valence-electron chi connectivity index (χ3n) is 2.94. The van der Waals surface area contributed by atoms with E-state index in [0.29, 0.717) is 0 Å². The van der Waals surface area contributed by atoms with Crippen molar-refractivity contribution in [3.8, 4) is 0 Å². The zero-order valence-electron chi connectivity index (χ0n) is 10.2. The minimum atomic E-state index is 0.201. The van der Waals surface area contributed by atoms with Crippen LogP contribution >= 0.6 is 0 Å². The molecule has 0 spiro atoms. The molecule has 0 saturated heterocycles. The van der Waals surface area contributed by atoms with Gasteiger partial charge in [-0.05, 0) is 24.8 Å². The lowest BCUT2D eigenvalue weighted by molar-refractivity contribution is 0.440. The molecule has 84 valence electrons. The Morgan fingerprint density at radius 1 is 1.20 bits per heavy atom. The number of benzene rings is 1.